The van der Waals surface area contributed by atoms with E-state index in [1.807, 2.05) is 7.05 Å². The van der Waals surface area contributed by atoms with Crippen molar-refractivity contribution in [2.75, 3.05) is 20.1 Å². The van der Waals surface area contributed by atoms with E-state index < -0.39 is 0 Å². The predicted octanol–water partition coefficient (Wildman–Crippen LogP) is 2.20. The molecule has 1 amide bonds. The van der Waals surface area contributed by atoms with E-state index in [2.05, 4.69) is 10.2 Å². The number of hydrogen-bond acceptors (Lipinski definition) is 2. The fourth-order valence-electron chi connectivity index (χ4n) is 2.68. The Morgan fingerprint density at radius 3 is 2.35 bits per heavy atom. The highest BCUT2D eigenvalue weighted by molar-refractivity contribution is 5.85. The first-order valence-electron chi connectivity index (χ1n) is 6.74. The van der Waals surface area contributed by atoms with Gasteiger partial charge in [0.15, 0.2) is 0 Å². The maximum Gasteiger partial charge on any atom is 0.222 e. The number of amides is 1. The van der Waals surface area contributed by atoms with E-state index >= 15 is 0 Å². The molecule has 1 heterocycles. The third-order valence-corrected chi connectivity index (χ3v) is 4.25. The van der Waals surface area contributed by atoms with E-state index in [0.29, 0.717) is 11.9 Å². The van der Waals surface area contributed by atoms with Gasteiger partial charge in [-0.05, 0) is 32.2 Å². The summed E-state index contributed by atoms with van der Waals surface area (Å²) in [6, 6.07) is 0.621. The number of carbonyl (C=O) groups excluding carboxylic acids is 1. The summed E-state index contributed by atoms with van der Waals surface area (Å²) in [4.78, 5) is 14.0. The molecule has 0 aromatic rings. The normalized spacial score (nSPS) is 21.8. The number of nitrogens with one attached hydrogen (secondary N) is 1. The van der Waals surface area contributed by atoms with Crippen LogP contribution < -0.4 is 5.32 Å². The number of nitrogens with zero attached hydrogens (tertiary/aromatic N) is 1. The van der Waals surface area contributed by atoms with Gasteiger partial charge >= 0.3 is 0 Å². The molecule has 1 saturated carbocycles. The zero-order chi connectivity index (χ0) is 11.4. The number of rotatable bonds is 4. The van der Waals surface area contributed by atoms with Gasteiger partial charge in [0.05, 0.1) is 0 Å². The Balaban J connectivity index is 0.00000144. The lowest BCUT2D eigenvalue weighted by atomic mass is 9.82. The van der Waals surface area contributed by atoms with Crippen LogP contribution in [0.4, 0.5) is 0 Å². The molecule has 2 aliphatic rings. The summed E-state index contributed by atoms with van der Waals surface area (Å²) >= 11 is 0. The Labute approximate surface area is 111 Å². The highest BCUT2D eigenvalue weighted by atomic mass is 35.5. The van der Waals surface area contributed by atoms with Crippen molar-refractivity contribution in [3.8, 4) is 0 Å². The zero-order valence-electron chi connectivity index (χ0n) is 10.8. The summed E-state index contributed by atoms with van der Waals surface area (Å²) in [7, 11) is 2.01. The molecule has 2 rings (SSSR count). The number of likely N-dealkylation sites (tertiary alicyclic amines) is 1. The molecule has 1 saturated heterocycles. The van der Waals surface area contributed by atoms with Crippen LogP contribution in [-0.2, 0) is 4.79 Å². The Kier molecular flexibility index (Phi) is 6.28. The number of carbonyl (C=O) groups is 1. The largest absolute Gasteiger partial charge is 0.343 e. The second-order valence-electron chi connectivity index (χ2n) is 5.28. The molecule has 1 aliphatic heterocycles. The molecule has 0 aromatic heterocycles. The highest BCUT2D eigenvalue weighted by Crippen LogP contribution is 2.30. The Morgan fingerprint density at radius 2 is 1.88 bits per heavy atom. The lowest BCUT2D eigenvalue weighted by Gasteiger charge is -2.33. The SMILES string of the molecule is CNC1CCN(C(=O)CCC2CCC2)CC1.Cl. The van der Waals surface area contributed by atoms with Crippen molar-refractivity contribution in [3.63, 3.8) is 0 Å². The fraction of sp³-hybridized carbons (Fsp3) is 0.923. The first-order valence-corrected chi connectivity index (χ1v) is 6.74. The quantitative estimate of drug-likeness (QED) is 0.841. The molecule has 100 valence electrons. The molecule has 1 N–H and O–H groups in total. The van der Waals surface area contributed by atoms with Crippen LogP contribution in [0, 0.1) is 5.92 Å². The molecule has 0 bridgehead atoms. The maximum atomic E-state index is 11.9. The van der Waals surface area contributed by atoms with Crippen molar-refractivity contribution in [1.82, 2.24) is 10.2 Å². The molecule has 0 radical (unpaired) electrons. The van der Waals surface area contributed by atoms with Crippen LogP contribution in [0.3, 0.4) is 0 Å². The summed E-state index contributed by atoms with van der Waals surface area (Å²) in [5.74, 6) is 1.25. The minimum absolute atomic E-state index is 0. The van der Waals surface area contributed by atoms with E-state index in [9.17, 15) is 4.79 Å². The molecule has 17 heavy (non-hydrogen) atoms. The average molecular weight is 261 g/mol. The maximum absolute atomic E-state index is 11.9. The minimum atomic E-state index is 0. The molecule has 4 heteroatoms. The molecule has 0 atom stereocenters. The molecule has 0 aromatic carbocycles. The summed E-state index contributed by atoms with van der Waals surface area (Å²) in [5.41, 5.74) is 0. The van der Waals surface area contributed by atoms with Crippen molar-refractivity contribution in [2.45, 2.75) is 51.0 Å². The predicted molar refractivity (Wildman–Crippen MR) is 72.5 cm³/mol. The van der Waals surface area contributed by atoms with Gasteiger partial charge < -0.3 is 10.2 Å². The monoisotopic (exact) mass is 260 g/mol. The lowest BCUT2D eigenvalue weighted by molar-refractivity contribution is -0.132. The van der Waals surface area contributed by atoms with E-state index in [1.165, 1.54) is 19.3 Å². The second kappa shape index (κ2) is 7.22. The molecule has 0 spiro atoms. The number of piperidine rings is 1. The van der Waals surface area contributed by atoms with Crippen molar-refractivity contribution in [2.24, 2.45) is 5.92 Å². The molecule has 1 aliphatic carbocycles. The van der Waals surface area contributed by atoms with Crippen LogP contribution >= 0.6 is 12.4 Å². The Morgan fingerprint density at radius 1 is 1.24 bits per heavy atom. The van der Waals surface area contributed by atoms with Gasteiger partial charge in [0.2, 0.25) is 5.91 Å². The summed E-state index contributed by atoms with van der Waals surface area (Å²) in [6.45, 7) is 1.91. The topological polar surface area (TPSA) is 32.3 Å². The Bertz CT molecular complexity index is 236. The van der Waals surface area contributed by atoms with Gasteiger partial charge in [-0.25, -0.2) is 0 Å². The van der Waals surface area contributed by atoms with Crippen molar-refractivity contribution >= 4 is 18.3 Å². The zero-order valence-corrected chi connectivity index (χ0v) is 11.6. The molecular weight excluding hydrogens is 236 g/mol. The van der Waals surface area contributed by atoms with Crippen LogP contribution in [0.5, 0.6) is 0 Å². The third-order valence-electron chi connectivity index (χ3n) is 4.25. The third kappa shape index (κ3) is 4.14. The first kappa shape index (κ1) is 14.8. The minimum Gasteiger partial charge on any atom is -0.343 e. The van der Waals surface area contributed by atoms with Crippen molar-refractivity contribution in [3.05, 3.63) is 0 Å². The Hall–Kier alpha value is -0.280. The molecule has 2 fully saturated rings. The van der Waals surface area contributed by atoms with Gasteiger partial charge in [-0.2, -0.15) is 0 Å². The van der Waals surface area contributed by atoms with Gasteiger partial charge in [0, 0.05) is 25.6 Å². The smallest absolute Gasteiger partial charge is 0.222 e. The number of halogens is 1. The van der Waals surface area contributed by atoms with Crippen LogP contribution in [0.2, 0.25) is 0 Å². The summed E-state index contributed by atoms with van der Waals surface area (Å²) < 4.78 is 0. The summed E-state index contributed by atoms with van der Waals surface area (Å²) in [5, 5.41) is 3.29. The molecule has 3 nitrogen and oxygen atoms in total. The highest BCUT2D eigenvalue weighted by Gasteiger charge is 2.23. The first-order chi connectivity index (χ1) is 7.79. The van der Waals surface area contributed by atoms with Gasteiger partial charge in [0.1, 0.15) is 0 Å². The van der Waals surface area contributed by atoms with Gasteiger partial charge in [-0.3, -0.25) is 4.79 Å². The lowest BCUT2D eigenvalue weighted by Crippen LogP contribution is -2.44. The van der Waals surface area contributed by atoms with Crippen molar-refractivity contribution in [1.29, 1.82) is 0 Å². The van der Waals surface area contributed by atoms with Crippen LogP contribution in [-0.4, -0.2) is 37.0 Å². The standard InChI is InChI=1S/C13H24N2O.ClH/c1-14-12-7-9-15(10-8-12)13(16)6-5-11-3-2-4-11;/h11-12,14H,2-10H2,1H3;1H. The van der Waals surface area contributed by atoms with Crippen LogP contribution in [0.25, 0.3) is 0 Å². The second-order valence-corrected chi connectivity index (χ2v) is 5.28. The van der Waals surface area contributed by atoms with Crippen LogP contribution in [0.1, 0.15) is 44.9 Å². The average Bonchev–Trinajstić information content (AvgIpc) is 2.27. The molecular formula is C13H25ClN2O. The fourth-order valence-corrected chi connectivity index (χ4v) is 2.68. The van der Waals surface area contributed by atoms with E-state index in [1.54, 1.807) is 0 Å². The van der Waals surface area contributed by atoms with Crippen LogP contribution in [0.15, 0.2) is 0 Å². The van der Waals surface area contributed by atoms with E-state index in [-0.39, 0.29) is 12.4 Å². The van der Waals surface area contributed by atoms with E-state index in [4.69, 9.17) is 0 Å². The number of hydrogen-bond donors (Lipinski definition) is 1. The van der Waals surface area contributed by atoms with Gasteiger partial charge in [0.25, 0.3) is 0 Å². The molecule has 0 unspecified atom stereocenters. The van der Waals surface area contributed by atoms with Gasteiger partial charge in [-0.1, -0.05) is 19.3 Å². The van der Waals surface area contributed by atoms with E-state index in [0.717, 1.165) is 44.7 Å². The summed E-state index contributed by atoms with van der Waals surface area (Å²) in [6.07, 6.45) is 8.24. The van der Waals surface area contributed by atoms with Gasteiger partial charge in [-0.15, -0.1) is 12.4 Å². The van der Waals surface area contributed by atoms with Crippen molar-refractivity contribution < 1.29 is 4.79 Å².